The van der Waals surface area contributed by atoms with Crippen LogP contribution >= 0.6 is 0 Å². The fourth-order valence-electron chi connectivity index (χ4n) is 3.26. The van der Waals surface area contributed by atoms with Crippen molar-refractivity contribution in [3.8, 4) is 5.75 Å². The van der Waals surface area contributed by atoms with E-state index in [2.05, 4.69) is 46.7 Å². The van der Waals surface area contributed by atoms with Gasteiger partial charge >= 0.3 is 0 Å². The first-order valence-corrected chi connectivity index (χ1v) is 8.44. The molecule has 0 bridgehead atoms. The Morgan fingerprint density at radius 2 is 1.96 bits per heavy atom. The SMILES string of the molecule is Cc1ccc(OCC(=O)N2C[C@@H](N(C)C)[C@H](C(C)C)C2)cc1C. The summed E-state index contributed by atoms with van der Waals surface area (Å²) in [5, 5.41) is 0. The predicted molar refractivity (Wildman–Crippen MR) is 93.8 cm³/mol. The van der Waals surface area contributed by atoms with E-state index in [1.165, 1.54) is 11.1 Å². The molecule has 0 saturated carbocycles. The van der Waals surface area contributed by atoms with Crippen LogP contribution in [0.4, 0.5) is 0 Å². The third-order valence-electron chi connectivity index (χ3n) is 5.05. The number of likely N-dealkylation sites (tertiary alicyclic amines) is 1. The van der Waals surface area contributed by atoms with Crippen LogP contribution < -0.4 is 4.74 Å². The van der Waals surface area contributed by atoms with Crippen molar-refractivity contribution in [3.63, 3.8) is 0 Å². The lowest BCUT2D eigenvalue weighted by atomic mass is 9.91. The number of carbonyl (C=O) groups is 1. The summed E-state index contributed by atoms with van der Waals surface area (Å²) in [6.45, 7) is 10.3. The molecule has 4 heteroatoms. The van der Waals surface area contributed by atoms with Gasteiger partial charge in [0.2, 0.25) is 0 Å². The van der Waals surface area contributed by atoms with Gasteiger partial charge in [-0.2, -0.15) is 0 Å². The maximum absolute atomic E-state index is 12.5. The van der Waals surface area contributed by atoms with E-state index in [1.807, 2.05) is 23.1 Å². The van der Waals surface area contributed by atoms with Crippen LogP contribution in [0.25, 0.3) is 0 Å². The summed E-state index contributed by atoms with van der Waals surface area (Å²) in [5.74, 6) is 1.94. The number of ether oxygens (including phenoxy) is 1. The summed E-state index contributed by atoms with van der Waals surface area (Å²) in [6.07, 6.45) is 0. The van der Waals surface area contributed by atoms with E-state index < -0.39 is 0 Å². The van der Waals surface area contributed by atoms with Crippen molar-refractivity contribution in [3.05, 3.63) is 29.3 Å². The molecule has 2 atom stereocenters. The van der Waals surface area contributed by atoms with Crippen LogP contribution in [0, 0.1) is 25.7 Å². The van der Waals surface area contributed by atoms with Gasteiger partial charge in [0.15, 0.2) is 6.61 Å². The van der Waals surface area contributed by atoms with Crippen molar-refractivity contribution in [1.29, 1.82) is 0 Å². The first-order valence-electron chi connectivity index (χ1n) is 8.44. The maximum atomic E-state index is 12.5. The molecule has 1 heterocycles. The van der Waals surface area contributed by atoms with Crippen LogP contribution in [0.1, 0.15) is 25.0 Å². The third kappa shape index (κ3) is 4.25. The first-order chi connectivity index (χ1) is 10.8. The molecule has 0 aliphatic carbocycles. The molecule has 1 aromatic carbocycles. The van der Waals surface area contributed by atoms with Crippen LogP contribution in [-0.4, -0.2) is 55.5 Å². The van der Waals surface area contributed by atoms with Gasteiger partial charge < -0.3 is 14.5 Å². The molecular weight excluding hydrogens is 288 g/mol. The zero-order valence-electron chi connectivity index (χ0n) is 15.3. The number of rotatable bonds is 5. The van der Waals surface area contributed by atoms with Gasteiger partial charge in [0.05, 0.1) is 0 Å². The number of benzene rings is 1. The lowest BCUT2D eigenvalue weighted by molar-refractivity contribution is -0.132. The topological polar surface area (TPSA) is 32.8 Å². The molecular formula is C19H30N2O2. The number of likely N-dealkylation sites (N-methyl/N-ethyl adjacent to an activating group) is 1. The Labute approximate surface area is 140 Å². The van der Waals surface area contributed by atoms with E-state index in [1.54, 1.807) is 0 Å². The Morgan fingerprint density at radius 1 is 1.26 bits per heavy atom. The highest BCUT2D eigenvalue weighted by molar-refractivity contribution is 5.78. The van der Waals surface area contributed by atoms with Crippen molar-refractivity contribution < 1.29 is 9.53 Å². The fourth-order valence-corrected chi connectivity index (χ4v) is 3.26. The van der Waals surface area contributed by atoms with Gasteiger partial charge in [-0.15, -0.1) is 0 Å². The van der Waals surface area contributed by atoms with Gasteiger partial charge in [-0.05, 0) is 63.0 Å². The molecule has 0 radical (unpaired) electrons. The minimum absolute atomic E-state index is 0.0817. The molecule has 0 aromatic heterocycles. The smallest absolute Gasteiger partial charge is 0.260 e. The van der Waals surface area contributed by atoms with E-state index in [4.69, 9.17) is 4.74 Å². The zero-order valence-corrected chi connectivity index (χ0v) is 15.3. The second-order valence-corrected chi connectivity index (χ2v) is 7.27. The Bertz CT molecular complexity index is 538. The van der Waals surface area contributed by atoms with Crippen molar-refractivity contribution in [2.75, 3.05) is 33.8 Å². The summed E-state index contributed by atoms with van der Waals surface area (Å²) >= 11 is 0. The highest BCUT2D eigenvalue weighted by Crippen LogP contribution is 2.27. The standard InChI is InChI=1S/C19H30N2O2/c1-13(2)17-10-21(11-18(17)20(5)6)19(22)12-23-16-8-7-14(3)15(4)9-16/h7-9,13,17-18H,10-12H2,1-6H3/t17-,18+/m0/s1. The van der Waals surface area contributed by atoms with Crippen molar-refractivity contribution in [2.24, 2.45) is 11.8 Å². The molecule has 0 N–H and O–H groups in total. The van der Waals surface area contributed by atoms with Gasteiger partial charge in [0.25, 0.3) is 5.91 Å². The molecule has 0 unspecified atom stereocenters. The molecule has 1 amide bonds. The molecule has 1 aliphatic heterocycles. The summed E-state index contributed by atoms with van der Waals surface area (Å²) in [7, 11) is 4.19. The molecule has 1 saturated heterocycles. The highest BCUT2D eigenvalue weighted by atomic mass is 16.5. The molecule has 1 fully saturated rings. The fraction of sp³-hybridized carbons (Fsp3) is 0.632. The van der Waals surface area contributed by atoms with Crippen molar-refractivity contribution >= 4 is 5.91 Å². The van der Waals surface area contributed by atoms with Crippen LogP contribution in [0.2, 0.25) is 0 Å². The average Bonchev–Trinajstić information content (AvgIpc) is 2.94. The van der Waals surface area contributed by atoms with Crippen LogP contribution in [0.15, 0.2) is 18.2 Å². The largest absolute Gasteiger partial charge is 0.484 e. The number of nitrogens with zero attached hydrogens (tertiary/aromatic N) is 2. The van der Waals surface area contributed by atoms with E-state index in [9.17, 15) is 4.79 Å². The van der Waals surface area contributed by atoms with E-state index >= 15 is 0 Å². The van der Waals surface area contributed by atoms with Gasteiger partial charge in [-0.3, -0.25) is 4.79 Å². The predicted octanol–water partition coefficient (Wildman–Crippen LogP) is 2.73. The quantitative estimate of drug-likeness (QED) is 0.837. The first kappa shape index (κ1) is 17.8. The Kier molecular flexibility index (Phi) is 5.69. The molecule has 1 aromatic rings. The highest BCUT2D eigenvalue weighted by Gasteiger charge is 2.37. The lowest BCUT2D eigenvalue weighted by Crippen LogP contribution is -2.38. The Balaban J connectivity index is 1.94. The Morgan fingerprint density at radius 3 is 2.48 bits per heavy atom. The summed E-state index contributed by atoms with van der Waals surface area (Å²) in [4.78, 5) is 16.7. The van der Waals surface area contributed by atoms with E-state index in [0.29, 0.717) is 17.9 Å². The number of aryl methyl sites for hydroxylation is 2. The normalized spacial score (nSPS) is 21.3. The molecule has 4 nitrogen and oxygen atoms in total. The van der Waals surface area contributed by atoms with Crippen LogP contribution in [0.5, 0.6) is 5.75 Å². The van der Waals surface area contributed by atoms with E-state index in [0.717, 1.165) is 18.8 Å². The molecule has 1 aliphatic rings. The van der Waals surface area contributed by atoms with Crippen molar-refractivity contribution in [1.82, 2.24) is 9.80 Å². The zero-order chi connectivity index (χ0) is 17.1. The van der Waals surface area contributed by atoms with E-state index in [-0.39, 0.29) is 12.5 Å². The van der Waals surface area contributed by atoms with Gasteiger partial charge in [0, 0.05) is 19.1 Å². The molecule has 23 heavy (non-hydrogen) atoms. The summed E-state index contributed by atoms with van der Waals surface area (Å²) < 4.78 is 5.70. The maximum Gasteiger partial charge on any atom is 0.260 e. The third-order valence-corrected chi connectivity index (χ3v) is 5.05. The minimum atomic E-state index is 0.0817. The van der Waals surface area contributed by atoms with Crippen LogP contribution in [-0.2, 0) is 4.79 Å². The summed E-state index contributed by atoms with van der Waals surface area (Å²) in [6, 6.07) is 6.38. The second kappa shape index (κ2) is 7.35. The Hall–Kier alpha value is -1.55. The van der Waals surface area contributed by atoms with Crippen LogP contribution in [0.3, 0.4) is 0 Å². The van der Waals surface area contributed by atoms with Gasteiger partial charge in [-0.1, -0.05) is 19.9 Å². The monoisotopic (exact) mass is 318 g/mol. The number of hydrogen-bond donors (Lipinski definition) is 0. The number of amides is 1. The molecule has 0 spiro atoms. The molecule has 128 valence electrons. The number of hydrogen-bond acceptors (Lipinski definition) is 3. The lowest BCUT2D eigenvalue weighted by Gasteiger charge is -2.27. The summed E-state index contributed by atoms with van der Waals surface area (Å²) in [5.41, 5.74) is 2.42. The van der Waals surface area contributed by atoms with Gasteiger partial charge in [0.1, 0.15) is 5.75 Å². The molecule has 2 rings (SSSR count). The minimum Gasteiger partial charge on any atom is -0.484 e. The second-order valence-electron chi connectivity index (χ2n) is 7.27. The van der Waals surface area contributed by atoms with Crippen molar-refractivity contribution in [2.45, 2.75) is 33.7 Å². The number of carbonyl (C=O) groups excluding carboxylic acids is 1. The van der Waals surface area contributed by atoms with Gasteiger partial charge in [-0.25, -0.2) is 0 Å². The average molecular weight is 318 g/mol.